The van der Waals surface area contributed by atoms with Gasteiger partial charge in [-0.2, -0.15) is 0 Å². The van der Waals surface area contributed by atoms with Crippen LogP contribution in [0.5, 0.6) is 0 Å². The summed E-state index contributed by atoms with van der Waals surface area (Å²) in [5.74, 6) is 0.911. The minimum atomic E-state index is -0.251. The highest BCUT2D eigenvalue weighted by atomic mass is 16.2. The van der Waals surface area contributed by atoms with Gasteiger partial charge in [0, 0.05) is 25.6 Å². The lowest BCUT2D eigenvalue weighted by Gasteiger charge is -2.54. The van der Waals surface area contributed by atoms with Gasteiger partial charge in [0.2, 0.25) is 5.91 Å². The maximum Gasteiger partial charge on any atom is 0.273 e. The average Bonchev–Trinajstić information content (AvgIpc) is 3.25. The van der Waals surface area contributed by atoms with E-state index in [2.05, 4.69) is 25.8 Å². The van der Waals surface area contributed by atoms with E-state index >= 15 is 0 Å². The molecule has 1 aromatic carbocycles. The summed E-state index contributed by atoms with van der Waals surface area (Å²) in [7, 11) is 0. The third kappa shape index (κ3) is 3.42. The van der Waals surface area contributed by atoms with Gasteiger partial charge in [-0.3, -0.25) is 9.59 Å². The normalized spacial score (nSPS) is 28.7. The summed E-state index contributed by atoms with van der Waals surface area (Å²) in [4.78, 5) is 27.5. The van der Waals surface area contributed by atoms with Gasteiger partial charge in [0.1, 0.15) is 0 Å². The van der Waals surface area contributed by atoms with E-state index in [9.17, 15) is 9.59 Å². The van der Waals surface area contributed by atoms with Crippen LogP contribution in [0.25, 0.3) is 5.69 Å². The molecule has 3 aliphatic rings. The minimum Gasteiger partial charge on any atom is -0.349 e. The summed E-state index contributed by atoms with van der Waals surface area (Å²) < 4.78 is 1.59. The molecule has 3 saturated heterocycles. The van der Waals surface area contributed by atoms with Crippen LogP contribution in [0, 0.1) is 11.8 Å². The Kier molecular flexibility index (Phi) is 4.79. The Morgan fingerprint density at radius 3 is 2.90 bits per heavy atom. The second kappa shape index (κ2) is 7.59. The Morgan fingerprint density at radius 1 is 1.21 bits per heavy atom. The van der Waals surface area contributed by atoms with E-state index in [0.29, 0.717) is 30.8 Å². The van der Waals surface area contributed by atoms with Gasteiger partial charge in [0.15, 0.2) is 5.69 Å². The van der Waals surface area contributed by atoms with E-state index in [1.807, 2.05) is 30.3 Å². The molecule has 8 heteroatoms. The van der Waals surface area contributed by atoms with E-state index < -0.39 is 0 Å². The lowest BCUT2D eigenvalue weighted by molar-refractivity contribution is -0.148. The molecule has 0 saturated carbocycles. The topological polar surface area (TPSA) is 92.2 Å². The molecule has 4 atom stereocenters. The molecule has 5 rings (SSSR count). The van der Waals surface area contributed by atoms with E-state index in [0.717, 1.165) is 38.0 Å². The predicted octanol–water partition coefficient (Wildman–Crippen LogP) is 0.986. The molecule has 0 spiro atoms. The number of hydrogen-bond donors (Lipinski definition) is 2. The number of carbonyl (C=O) groups is 2. The summed E-state index contributed by atoms with van der Waals surface area (Å²) in [6, 6.07) is 9.93. The van der Waals surface area contributed by atoms with Gasteiger partial charge in [-0.25, -0.2) is 4.68 Å². The Balaban J connectivity index is 1.29. The summed E-state index contributed by atoms with van der Waals surface area (Å²) in [6.07, 6.45) is 5.44. The highest BCUT2D eigenvalue weighted by Gasteiger charge is 2.47. The van der Waals surface area contributed by atoms with Crippen molar-refractivity contribution in [2.45, 2.75) is 37.8 Å². The zero-order chi connectivity index (χ0) is 19.8. The van der Waals surface area contributed by atoms with Gasteiger partial charge in [-0.1, -0.05) is 23.4 Å². The minimum absolute atomic E-state index is 0.0463. The summed E-state index contributed by atoms with van der Waals surface area (Å²) in [6.45, 7) is 2.35. The molecule has 4 heterocycles. The number of nitrogens with zero attached hydrogens (tertiary/aromatic N) is 4. The monoisotopic (exact) mass is 394 g/mol. The average molecular weight is 394 g/mol. The van der Waals surface area contributed by atoms with E-state index in [-0.39, 0.29) is 23.6 Å². The molecule has 1 aromatic heterocycles. The quantitative estimate of drug-likeness (QED) is 0.807. The fourth-order valence-corrected chi connectivity index (χ4v) is 5.26. The first-order chi connectivity index (χ1) is 14.2. The van der Waals surface area contributed by atoms with Crippen LogP contribution < -0.4 is 10.6 Å². The summed E-state index contributed by atoms with van der Waals surface area (Å²) in [5.41, 5.74) is 1.14. The van der Waals surface area contributed by atoms with Crippen LogP contribution in [-0.4, -0.2) is 63.4 Å². The van der Waals surface area contributed by atoms with Crippen molar-refractivity contribution in [3.63, 3.8) is 0 Å². The van der Waals surface area contributed by atoms with Gasteiger partial charge in [0.05, 0.1) is 17.9 Å². The van der Waals surface area contributed by atoms with Crippen molar-refractivity contribution in [1.82, 2.24) is 30.5 Å². The van der Waals surface area contributed by atoms with E-state index in [4.69, 9.17) is 0 Å². The number of rotatable bonds is 4. The van der Waals surface area contributed by atoms with Crippen LogP contribution >= 0.6 is 0 Å². The number of nitrogens with one attached hydrogen (secondary N) is 2. The molecule has 3 fully saturated rings. The van der Waals surface area contributed by atoms with Crippen molar-refractivity contribution in [3.05, 3.63) is 42.2 Å². The van der Waals surface area contributed by atoms with Crippen LogP contribution in [0.15, 0.2) is 36.5 Å². The molecule has 0 unspecified atom stereocenters. The van der Waals surface area contributed by atoms with Crippen LogP contribution in [0.3, 0.4) is 0 Å². The second-order valence-corrected chi connectivity index (χ2v) is 8.34. The van der Waals surface area contributed by atoms with Crippen molar-refractivity contribution >= 4 is 11.8 Å². The number of piperidine rings is 3. The SMILES string of the molecule is O=C(NC[C@H]1[C@@H]2CNC[C@@H](C2)[C@@H]2CCCC(=O)N21)c1cn(-c2ccccc2)nn1. The zero-order valence-corrected chi connectivity index (χ0v) is 16.3. The molecule has 0 aliphatic carbocycles. The standard InChI is InChI=1S/C21H26N6O2/c28-20-8-4-7-18-14-9-15(11-22-10-14)19(27(18)20)12-23-21(29)17-13-26(25-24-17)16-5-2-1-3-6-16/h1-3,5-6,13-15,18-19,22H,4,7-12H2,(H,23,29)/t14-,15+,18+,19+/m1/s1. The van der Waals surface area contributed by atoms with E-state index in [1.54, 1.807) is 10.9 Å². The van der Waals surface area contributed by atoms with Crippen LogP contribution in [0.1, 0.15) is 36.2 Å². The number of benzene rings is 1. The highest BCUT2D eigenvalue weighted by molar-refractivity contribution is 5.92. The van der Waals surface area contributed by atoms with Crippen LogP contribution in [-0.2, 0) is 4.79 Å². The van der Waals surface area contributed by atoms with Crippen LogP contribution in [0.2, 0.25) is 0 Å². The molecular formula is C21H26N6O2. The van der Waals surface area contributed by atoms with Crippen molar-refractivity contribution in [2.24, 2.45) is 11.8 Å². The smallest absolute Gasteiger partial charge is 0.273 e. The number of hydrogen-bond acceptors (Lipinski definition) is 5. The van der Waals surface area contributed by atoms with Gasteiger partial charge < -0.3 is 15.5 Å². The summed E-state index contributed by atoms with van der Waals surface area (Å²) in [5, 5.41) is 14.6. The maximum atomic E-state index is 12.7. The Labute approximate surface area is 169 Å². The largest absolute Gasteiger partial charge is 0.349 e. The Bertz CT molecular complexity index is 898. The number of fused-ring (bicyclic) bond motifs is 4. The van der Waals surface area contributed by atoms with Crippen LogP contribution in [0.4, 0.5) is 0 Å². The molecular weight excluding hydrogens is 368 g/mol. The fourth-order valence-electron chi connectivity index (χ4n) is 5.26. The summed E-state index contributed by atoms with van der Waals surface area (Å²) >= 11 is 0. The van der Waals surface area contributed by atoms with Gasteiger partial charge in [-0.15, -0.1) is 5.10 Å². The lowest BCUT2D eigenvalue weighted by Crippen LogP contribution is -2.66. The number of para-hydroxylation sites is 1. The van der Waals surface area contributed by atoms with Crippen molar-refractivity contribution in [2.75, 3.05) is 19.6 Å². The molecule has 2 bridgehead atoms. The third-order valence-electron chi connectivity index (χ3n) is 6.62. The van der Waals surface area contributed by atoms with E-state index in [1.165, 1.54) is 0 Å². The van der Waals surface area contributed by atoms with Crippen molar-refractivity contribution < 1.29 is 9.59 Å². The first kappa shape index (κ1) is 18.3. The van der Waals surface area contributed by atoms with Crippen molar-refractivity contribution in [1.29, 1.82) is 0 Å². The molecule has 8 nitrogen and oxygen atoms in total. The second-order valence-electron chi connectivity index (χ2n) is 8.34. The molecule has 29 heavy (non-hydrogen) atoms. The van der Waals surface area contributed by atoms with Gasteiger partial charge in [-0.05, 0) is 49.8 Å². The lowest BCUT2D eigenvalue weighted by atomic mass is 9.72. The highest BCUT2D eigenvalue weighted by Crippen LogP contribution is 2.39. The van der Waals surface area contributed by atoms with Gasteiger partial charge >= 0.3 is 0 Å². The Hall–Kier alpha value is -2.74. The molecule has 3 aliphatic heterocycles. The van der Waals surface area contributed by atoms with Gasteiger partial charge in [0.25, 0.3) is 5.91 Å². The number of carbonyl (C=O) groups excluding carboxylic acids is 2. The number of aromatic nitrogens is 3. The van der Waals surface area contributed by atoms with Crippen molar-refractivity contribution in [3.8, 4) is 5.69 Å². The molecule has 152 valence electrons. The Morgan fingerprint density at radius 2 is 2.03 bits per heavy atom. The molecule has 2 aromatic rings. The zero-order valence-electron chi connectivity index (χ0n) is 16.3. The molecule has 0 radical (unpaired) electrons. The predicted molar refractivity (Wildman–Crippen MR) is 106 cm³/mol. The fraction of sp³-hybridized carbons (Fsp3) is 0.524. The first-order valence-corrected chi connectivity index (χ1v) is 10.5. The molecule has 2 amide bonds. The first-order valence-electron chi connectivity index (χ1n) is 10.5. The third-order valence-corrected chi connectivity index (χ3v) is 6.62. The maximum absolute atomic E-state index is 12.7. The molecule has 2 N–H and O–H groups in total. The number of amides is 2.